The molecule has 0 fully saturated rings. The van der Waals surface area contributed by atoms with Gasteiger partial charge in [-0.1, -0.05) is 74.3 Å². The second kappa shape index (κ2) is 19.4. The van der Waals surface area contributed by atoms with Crippen molar-refractivity contribution in [1.29, 1.82) is 0 Å². The van der Waals surface area contributed by atoms with Gasteiger partial charge in [0.25, 0.3) is 0 Å². The summed E-state index contributed by atoms with van der Waals surface area (Å²) in [6.45, 7) is 0. The van der Waals surface area contributed by atoms with Crippen LogP contribution in [0, 0.1) is 0 Å². The molecule has 0 saturated heterocycles. The second-order valence-electron chi connectivity index (χ2n) is 4.34. The van der Waals surface area contributed by atoms with E-state index in [1.54, 1.807) is 0 Å². The number of hydrogen-bond donors (Lipinski definition) is 3. The Kier molecular flexibility index (Phi) is 32.7. The van der Waals surface area contributed by atoms with Crippen LogP contribution in [0.3, 0.4) is 0 Å². The van der Waals surface area contributed by atoms with Gasteiger partial charge in [0.2, 0.25) is 11.2 Å². The van der Waals surface area contributed by atoms with E-state index in [9.17, 15) is 20.1 Å². The maximum atomic E-state index is 12.1. The number of hydrogen-bond acceptors (Lipinski definition) is 5. The molecule has 0 aliphatic carbocycles. The molecule has 5 nitrogen and oxygen atoms in total. The highest BCUT2D eigenvalue weighted by Crippen LogP contribution is 2.31. The first-order valence-corrected chi connectivity index (χ1v) is 5.84. The molecule has 3 rings (SSSR count). The van der Waals surface area contributed by atoms with Crippen LogP contribution < -0.4 is 5.43 Å². The van der Waals surface area contributed by atoms with Gasteiger partial charge in [-0.2, -0.15) is 0 Å². The molecule has 3 aromatic rings. The van der Waals surface area contributed by atoms with Crippen molar-refractivity contribution in [1.82, 2.24) is 0 Å². The van der Waals surface area contributed by atoms with Crippen molar-refractivity contribution < 1.29 is 19.7 Å². The molecule has 1 aromatic heterocycles. The van der Waals surface area contributed by atoms with Gasteiger partial charge in [-0.25, -0.2) is 0 Å². The first-order valence-electron chi connectivity index (χ1n) is 5.84. The minimum Gasteiger partial charge on any atom is -0.508 e. The third kappa shape index (κ3) is 9.03. The molecule has 0 saturated carbocycles. The van der Waals surface area contributed by atoms with Gasteiger partial charge < -0.3 is 19.7 Å². The molecule has 0 aliphatic heterocycles. The van der Waals surface area contributed by atoms with Gasteiger partial charge in [-0.05, 0) is 36.4 Å². The third-order valence-electron chi connectivity index (χ3n) is 2.98. The van der Waals surface area contributed by atoms with Gasteiger partial charge in [0.1, 0.15) is 17.1 Å². The molecule has 0 atom stereocenters. The number of fused-ring (bicyclic) bond motifs is 1. The molecular formula is C25H50O5. The Morgan fingerprint density at radius 2 is 1.03 bits per heavy atom. The average molecular weight is 431 g/mol. The van der Waals surface area contributed by atoms with E-state index >= 15 is 0 Å². The van der Waals surface area contributed by atoms with E-state index in [1.165, 1.54) is 42.5 Å². The van der Waals surface area contributed by atoms with Gasteiger partial charge in [-0.3, -0.25) is 4.79 Å². The fourth-order valence-corrected chi connectivity index (χ4v) is 1.98. The van der Waals surface area contributed by atoms with Crippen LogP contribution in [0.25, 0.3) is 22.3 Å². The van der Waals surface area contributed by atoms with Crippen molar-refractivity contribution in [3.05, 3.63) is 52.7 Å². The molecule has 0 spiro atoms. The summed E-state index contributed by atoms with van der Waals surface area (Å²) in [5.41, 5.74) is 0.0489. The lowest BCUT2D eigenvalue weighted by Gasteiger charge is -2.06. The van der Waals surface area contributed by atoms with Crippen LogP contribution in [0.1, 0.15) is 74.3 Å². The first kappa shape index (κ1) is 50.6. The normalized spacial score (nSPS) is 7.20. The Morgan fingerprint density at radius 1 is 0.600 bits per heavy atom. The summed E-state index contributed by atoms with van der Waals surface area (Å²) in [5, 5.41) is 28.8. The molecule has 2 aromatic carbocycles. The summed E-state index contributed by atoms with van der Waals surface area (Å²) >= 11 is 0. The molecular weight excluding hydrogens is 380 g/mol. The number of benzene rings is 2. The molecule has 1 heterocycles. The van der Waals surface area contributed by atoms with E-state index in [4.69, 9.17) is 4.42 Å². The van der Waals surface area contributed by atoms with E-state index < -0.39 is 11.2 Å². The molecule has 0 radical (unpaired) electrons. The summed E-state index contributed by atoms with van der Waals surface area (Å²) in [7, 11) is 0. The van der Waals surface area contributed by atoms with E-state index in [0.29, 0.717) is 5.56 Å². The Morgan fingerprint density at radius 3 is 1.50 bits per heavy atom. The van der Waals surface area contributed by atoms with Crippen LogP contribution in [0.15, 0.2) is 51.7 Å². The maximum Gasteiger partial charge on any atom is 0.235 e. The van der Waals surface area contributed by atoms with Gasteiger partial charge >= 0.3 is 0 Å². The Labute approximate surface area is 186 Å². The molecule has 0 unspecified atom stereocenters. The standard InChI is InChI=1S/C15H10O5.10CH4/c16-9-3-1-8(2-4-9)15-14(19)13(18)11-6-5-10(17)7-12(11)20-15;;;;;;;;;;/h1-7,16-17,19H;10*1H4. The van der Waals surface area contributed by atoms with Crippen LogP contribution >= 0.6 is 0 Å². The lowest BCUT2D eigenvalue weighted by atomic mass is 10.1. The smallest absolute Gasteiger partial charge is 0.235 e. The highest BCUT2D eigenvalue weighted by molar-refractivity contribution is 5.82. The molecule has 3 N–H and O–H groups in total. The second-order valence-corrected chi connectivity index (χ2v) is 4.34. The van der Waals surface area contributed by atoms with Crippen molar-refractivity contribution in [3.63, 3.8) is 0 Å². The zero-order valence-electron chi connectivity index (χ0n) is 10.2. The van der Waals surface area contributed by atoms with Crippen molar-refractivity contribution >= 4 is 11.0 Å². The molecule has 5 heteroatoms. The van der Waals surface area contributed by atoms with Gasteiger partial charge in [-0.15, -0.1) is 0 Å². The molecule has 30 heavy (non-hydrogen) atoms. The number of aromatic hydroxyl groups is 3. The van der Waals surface area contributed by atoms with Crippen molar-refractivity contribution in [2.24, 2.45) is 0 Å². The van der Waals surface area contributed by atoms with Crippen LogP contribution in [-0.2, 0) is 0 Å². The molecule has 0 bridgehead atoms. The Bertz CT molecular complexity index is 850. The summed E-state index contributed by atoms with van der Waals surface area (Å²) in [5.74, 6) is -0.487. The topological polar surface area (TPSA) is 90.9 Å². The summed E-state index contributed by atoms with van der Waals surface area (Å²) in [6.07, 6.45) is 0. The predicted octanol–water partition coefficient (Wildman–Crippen LogP) is 8.94. The third-order valence-corrected chi connectivity index (χ3v) is 2.98. The summed E-state index contributed by atoms with van der Waals surface area (Å²) in [6, 6.07) is 9.91. The SMILES string of the molecule is C.C.C.C.C.C.C.C.C.C.O=c1c(O)c(-c2ccc(O)cc2)oc2cc(O)ccc12. The Hall–Kier alpha value is -2.95. The van der Waals surface area contributed by atoms with E-state index in [0.717, 1.165) is 0 Å². The predicted molar refractivity (Wildman–Crippen MR) is 140 cm³/mol. The fourth-order valence-electron chi connectivity index (χ4n) is 1.98. The quantitative estimate of drug-likeness (QED) is 0.358. The molecule has 0 amide bonds. The van der Waals surface area contributed by atoms with Crippen LogP contribution in [0.2, 0.25) is 0 Å². The minimum atomic E-state index is -0.575. The van der Waals surface area contributed by atoms with Gasteiger partial charge in [0.05, 0.1) is 5.39 Å². The van der Waals surface area contributed by atoms with E-state index in [2.05, 4.69) is 0 Å². The van der Waals surface area contributed by atoms with Crippen molar-refractivity contribution in [2.45, 2.75) is 74.3 Å². The zero-order valence-corrected chi connectivity index (χ0v) is 10.2. The summed E-state index contributed by atoms with van der Waals surface area (Å²) in [4.78, 5) is 12.1. The van der Waals surface area contributed by atoms with E-state index in [-0.39, 0.29) is 102 Å². The van der Waals surface area contributed by atoms with Crippen LogP contribution in [0.5, 0.6) is 17.2 Å². The minimum absolute atomic E-state index is 0. The fraction of sp³-hybridized carbons (Fsp3) is 0.400. The van der Waals surface area contributed by atoms with Crippen molar-refractivity contribution in [3.8, 4) is 28.6 Å². The van der Waals surface area contributed by atoms with Crippen LogP contribution in [0.4, 0.5) is 0 Å². The van der Waals surface area contributed by atoms with Gasteiger partial charge in [0.15, 0.2) is 5.76 Å². The van der Waals surface area contributed by atoms with Gasteiger partial charge in [0, 0.05) is 11.6 Å². The molecule has 180 valence electrons. The summed E-state index contributed by atoms with van der Waals surface area (Å²) < 4.78 is 5.49. The monoisotopic (exact) mass is 430 g/mol. The number of phenols is 2. The lowest BCUT2D eigenvalue weighted by molar-refractivity contribution is 0.447. The highest BCUT2D eigenvalue weighted by Gasteiger charge is 2.15. The largest absolute Gasteiger partial charge is 0.508 e. The highest BCUT2D eigenvalue weighted by atomic mass is 16.4. The molecule has 0 aliphatic rings. The van der Waals surface area contributed by atoms with E-state index in [1.807, 2.05) is 0 Å². The maximum absolute atomic E-state index is 12.1. The lowest BCUT2D eigenvalue weighted by Crippen LogP contribution is -2.02. The zero-order chi connectivity index (χ0) is 14.3. The van der Waals surface area contributed by atoms with Crippen molar-refractivity contribution in [2.75, 3.05) is 0 Å². The average Bonchev–Trinajstić information content (AvgIpc) is 2.44. The van der Waals surface area contributed by atoms with Crippen LogP contribution in [-0.4, -0.2) is 15.3 Å². The first-order chi connectivity index (χ1) is 9.56. The number of phenolic OH excluding ortho intramolecular Hbond substituents is 2. The number of rotatable bonds is 1. The Balaban J connectivity index is -0.0000000807.